The van der Waals surface area contributed by atoms with Crippen LogP contribution in [0.3, 0.4) is 0 Å². The van der Waals surface area contributed by atoms with Gasteiger partial charge in [-0.15, -0.1) is 0 Å². The molecule has 1 aromatic carbocycles. The molecule has 1 saturated heterocycles. The van der Waals surface area contributed by atoms with Crippen LogP contribution in [-0.2, 0) is 6.54 Å². The van der Waals surface area contributed by atoms with Crippen molar-refractivity contribution < 1.29 is 4.74 Å². The third-order valence-electron chi connectivity index (χ3n) is 3.36. The van der Waals surface area contributed by atoms with Gasteiger partial charge in [0.15, 0.2) is 5.17 Å². The van der Waals surface area contributed by atoms with Crippen molar-refractivity contribution in [2.75, 3.05) is 12.9 Å². The number of aliphatic imine (C=N–C) groups is 1. The van der Waals surface area contributed by atoms with Crippen molar-refractivity contribution in [2.45, 2.75) is 26.4 Å². The molecule has 1 aliphatic rings. The maximum Gasteiger partial charge on any atom is 0.157 e. The van der Waals surface area contributed by atoms with Gasteiger partial charge in [0.2, 0.25) is 0 Å². The Labute approximate surface area is 123 Å². The first-order valence-corrected chi connectivity index (χ1v) is 7.73. The molecule has 5 heteroatoms. The zero-order valence-electron chi connectivity index (χ0n) is 11.4. The second-order valence-corrected chi connectivity index (χ2v) is 6.18. The summed E-state index contributed by atoms with van der Waals surface area (Å²) in [5, 5.41) is 5.12. The second kappa shape index (κ2) is 6.53. The topological polar surface area (TPSA) is 33.6 Å². The maximum atomic E-state index is 6.20. The van der Waals surface area contributed by atoms with E-state index in [1.807, 2.05) is 18.2 Å². The van der Waals surface area contributed by atoms with E-state index in [1.165, 1.54) is 0 Å². The van der Waals surface area contributed by atoms with E-state index in [1.54, 1.807) is 18.9 Å². The minimum atomic E-state index is 0.466. The molecule has 0 saturated carbocycles. The number of ether oxygens (including phenoxy) is 1. The van der Waals surface area contributed by atoms with Crippen molar-refractivity contribution in [3.63, 3.8) is 0 Å². The van der Waals surface area contributed by atoms with Crippen molar-refractivity contribution in [1.29, 1.82) is 0 Å². The van der Waals surface area contributed by atoms with E-state index in [0.717, 1.165) is 22.2 Å². The van der Waals surface area contributed by atoms with Crippen LogP contribution >= 0.6 is 23.4 Å². The lowest BCUT2D eigenvalue weighted by atomic mass is 10.1. The molecule has 104 valence electrons. The SMILES string of the molecule is COc1cccc(Cl)c1CN=C1NC(C)C(C)CS1. The number of rotatable bonds is 3. The fourth-order valence-corrected chi connectivity index (χ4v) is 3.22. The number of halogens is 1. The predicted octanol–water partition coefficient (Wildman–Crippen LogP) is 3.57. The highest BCUT2D eigenvalue weighted by molar-refractivity contribution is 8.13. The quantitative estimate of drug-likeness (QED) is 0.926. The molecule has 1 fully saturated rings. The Kier molecular flexibility index (Phi) is 4.99. The van der Waals surface area contributed by atoms with E-state index in [2.05, 4.69) is 24.2 Å². The van der Waals surface area contributed by atoms with Crippen molar-refractivity contribution in [2.24, 2.45) is 10.9 Å². The molecule has 0 spiro atoms. The van der Waals surface area contributed by atoms with Gasteiger partial charge < -0.3 is 10.1 Å². The molecule has 0 aliphatic carbocycles. The summed E-state index contributed by atoms with van der Waals surface area (Å²) in [6, 6.07) is 6.13. The first-order valence-electron chi connectivity index (χ1n) is 6.37. The van der Waals surface area contributed by atoms with Crippen LogP contribution in [0.15, 0.2) is 23.2 Å². The zero-order chi connectivity index (χ0) is 13.8. The Morgan fingerprint density at radius 3 is 2.95 bits per heavy atom. The summed E-state index contributed by atoms with van der Waals surface area (Å²) < 4.78 is 5.32. The Morgan fingerprint density at radius 2 is 2.26 bits per heavy atom. The smallest absolute Gasteiger partial charge is 0.157 e. The number of hydrogen-bond donors (Lipinski definition) is 1. The van der Waals surface area contributed by atoms with Crippen molar-refractivity contribution in [1.82, 2.24) is 5.32 Å². The van der Waals surface area contributed by atoms with Gasteiger partial charge in [0.1, 0.15) is 5.75 Å². The van der Waals surface area contributed by atoms with E-state index in [-0.39, 0.29) is 0 Å². The number of nitrogens with one attached hydrogen (secondary N) is 1. The highest BCUT2D eigenvalue weighted by atomic mass is 35.5. The van der Waals surface area contributed by atoms with Gasteiger partial charge >= 0.3 is 0 Å². The van der Waals surface area contributed by atoms with Crippen LogP contribution in [0, 0.1) is 5.92 Å². The first-order chi connectivity index (χ1) is 9.11. The molecule has 3 nitrogen and oxygen atoms in total. The number of nitrogens with zero attached hydrogens (tertiary/aromatic N) is 1. The number of hydrogen-bond acceptors (Lipinski definition) is 3. The van der Waals surface area contributed by atoms with Crippen LogP contribution in [0.2, 0.25) is 5.02 Å². The van der Waals surface area contributed by atoms with Gasteiger partial charge in [-0.1, -0.05) is 36.4 Å². The number of benzene rings is 1. The summed E-state index contributed by atoms with van der Waals surface area (Å²) in [4.78, 5) is 4.61. The molecule has 0 amide bonds. The highest BCUT2D eigenvalue weighted by Gasteiger charge is 2.20. The van der Waals surface area contributed by atoms with Gasteiger partial charge in [0, 0.05) is 22.4 Å². The fraction of sp³-hybridized carbons (Fsp3) is 0.500. The van der Waals surface area contributed by atoms with Crippen molar-refractivity contribution in [3.05, 3.63) is 28.8 Å². The van der Waals surface area contributed by atoms with Gasteiger partial charge in [-0.3, -0.25) is 4.99 Å². The van der Waals surface area contributed by atoms with Gasteiger partial charge in [-0.2, -0.15) is 0 Å². The van der Waals surface area contributed by atoms with Crippen LogP contribution in [0.1, 0.15) is 19.4 Å². The summed E-state index contributed by atoms with van der Waals surface area (Å²) >= 11 is 7.97. The van der Waals surface area contributed by atoms with Gasteiger partial charge in [0.05, 0.1) is 13.7 Å². The summed E-state index contributed by atoms with van der Waals surface area (Å²) in [7, 11) is 1.65. The number of thioether (sulfide) groups is 1. The predicted molar refractivity (Wildman–Crippen MR) is 83.4 cm³/mol. The lowest BCUT2D eigenvalue weighted by Gasteiger charge is -2.28. The molecule has 0 radical (unpaired) electrons. The molecule has 19 heavy (non-hydrogen) atoms. The van der Waals surface area contributed by atoms with Crippen LogP contribution in [0.5, 0.6) is 5.75 Å². The molecule has 2 rings (SSSR count). The average Bonchev–Trinajstić information content (AvgIpc) is 2.41. The molecule has 1 heterocycles. The Bertz CT molecular complexity index is 479. The molecule has 1 aromatic rings. The molecule has 1 N–H and O–H groups in total. The first kappa shape index (κ1) is 14.5. The summed E-state index contributed by atoms with van der Waals surface area (Å²) in [6.45, 7) is 4.98. The van der Waals surface area contributed by atoms with Crippen LogP contribution in [0.4, 0.5) is 0 Å². The molecule has 2 atom stereocenters. The lowest BCUT2D eigenvalue weighted by Crippen LogP contribution is -2.41. The minimum absolute atomic E-state index is 0.466. The Balaban J connectivity index is 2.10. The van der Waals surface area contributed by atoms with E-state index >= 15 is 0 Å². The van der Waals surface area contributed by atoms with Crippen molar-refractivity contribution >= 4 is 28.5 Å². The lowest BCUT2D eigenvalue weighted by molar-refractivity contribution is 0.410. The third kappa shape index (κ3) is 3.57. The summed E-state index contributed by atoms with van der Waals surface area (Å²) in [6.07, 6.45) is 0. The molecule has 1 aliphatic heterocycles. The minimum Gasteiger partial charge on any atom is -0.496 e. The van der Waals surface area contributed by atoms with E-state index < -0.39 is 0 Å². The number of amidine groups is 1. The number of methoxy groups -OCH3 is 1. The zero-order valence-corrected chi connectivity index (χ0v) is 13.0. The maximum absolute atomic E-state index is 6.20. The monoisotopic (exact) mass is 298 g/mol. The normalized spacial score (nSPS) is 25.2. The Morgan fingerprint density at radius 1 is 1.47 bits per heavy atom. The largest absolute Gasteiger partial charge is 0.496 e. The Hall–Kier alpha value is -0.870. The van der Waals surface area contributed by atoms with Gasteiger partial charge in [0.25, 0.3) is 0 Å². The third-order valence-corrected chi connectivity index (χ3v) is 4.93. The average molecular weight is 299 g/mol. The molecule has 0 aromatic heterocycles. The molecule has 0 bridgehead atoms. The second-order valence-electron chi connectivity index (χ2n) is 4.76. The van der Waals surface area contributed by atoms with E-state index in [9.17, 15) is 0 Å². The summed E-state index contributed by atoms with van der Waals surface area (Å²) in [5.41, 5.74) is 0.938. The van der Waals surface area contributed by atoms with E-state index in [4.69, 9.17) is 16.3 Å². The molecular weight excluding hydrogens is 280 g/mol. The molecule has 2 unspecified atom stereocenters. The standard InChI is InChI=1S/C14H19ClN2OS/c1-9-8-19-14(17-10(9)2)16-7-11-12(15)5-4-6-13(11)18-3/h4-6,9-10H,7-8H2,1-3H3,(H,16,17). The van der Waals surface area contributed by atoms with Gasteiger partial charge in [-0.25, -0.2) is 0 Å². The van der Waals surface area contributed by atoms with Crippen LogP contribution in [0.25, 0.3) is 0 Å². The van der Waals surface area contributed by atoms with Gasteiger partial charge in [-0.05, 0) is 25.0 Å². The van der Waals surface area contributed by atoms with Crippen LogP contribution < -0.4 is 10.1 Å². The molecular formula is C14H19ClN2OS. The fourth-order valence-electron chi connectivity index (χ4n) is 1.86. The van der Waals surface area contributed by atoms with Crippen molar-refractivity contribution in [3.8, 4) is 5.75 Å². The van der Waals surface area contributed by atoms with Crippen LogP contribution in [-0.4, -0.2) is 24.1 Å². The highest BCUT2D eigenvalue weighted by Crippen LogP contribution is 2.27. The van der Waals surface area contributed by atoms with E-state index in [0.29, 0.717) is 23.5 Å². The summed E-state index contributed by atoms with van der Waals surface area (Å²) in [5.74, 6) is 2.56.